The fourth-order valence-electron chi connectivity index (χ4n) is 2.10. The van der Waals surface area contributed by atoms with Crippen molar-refractivity contribution in [1.82, 2.24) is 5.32 Å². The molecule has 0 heterocycles. The highest BCUT2D eigenvalue weighted by Crippen LogP contribution is 2.13. The normalized spacial score (nSPS) is 10.7. The maximum Gasteiger partial charge on any atom is 0.244 e. The van der Waals surface area contributed by atoms with Crippen LogP contribution in [0.1, 0.15) is 24.5 Å². The van der Waals surface area contributed by atoms with Crippen LogP contribution in [0.25, 0.3) is 6.08 Å². The number of hydrogen-bond acceptors (Lipinski definition) is 2. The zero-order valence-electron chi connectivity index (χ0n) is 13.5. The van der Waals surface area contributed by atoms with Gasteiger partial charge in [-0.05, 0) is 42.2 Å². The molecule has 1 N–H and O–H groups in total. The Hall–Kier alpha value is -2.55. The number of carbonyl (C=O) groups is 1. The van der Waals surface area contributed by atoms with Crippen LogP contribution in [0.2, 0.25) is 0 Å². The number of nitrogens with one attached hydrogen (secondary N) is 1. The van der Waals surface area contributed by atoms with E-state index in [-0.39, 0.29) is 5.91 Å². The van der Waals surface area contributed by atoms with E-state index in [0.29, 0.717) is 6.54 Å². The number of rotatable bonds is 8. The second-order valence-corrected chi connectivity index (χ2v) is 5.28. The van der Waals surface area contributed by atoms with Crippen LogP contribution in [0, 0.1) is 0 Å². The third-order valence-corrected chi connectivity index (χ3v) is 3.34. The molecule has 23 heavy (non-hydrogen) atoms. The Morgan fingerprint density at radius 3 is 2.52 bits per heavy atom. The molecule has 0 aliphatic rings. The molecule has 0 atom stereocenters. The summed E-state index contributed by atoms with van der Waals surface area (Å²) < 4.78 is 5.53. The van der Waals surface area contributed by atoms with Gasteiger partial charge in [-0.1, -0.05) is 49.4 Å². The molecule has 0 fully saturated rings. The fraction of sp³-hybridized carbons (Fsp3) is 0.250. The second-order valence-electron chi connectivity index (χ2n) is 5.28. The van der Waals surface area contributed by atoms with Crippen LogP contribution in [0.4, 0.5) is 0 Å². The Bertz CT molecular complexity index is 618. The third kappa shape index (κ3) is 6.39. The molecule has 3 nitrogen and oxygen atoms in total. The zero-order chi connectivity index (χ0) is 16.3. The molecule has 0 saturated heterocycles. The van der Waals surface area contributed by atoms with Gasteiger partial charge in [-0.15, -0.1) is 0 Å². The first-order valence-electron chi connectivity index (χ1n) is 8.00. The van der Waals surface area contributed by atoms with Crippen molar-refractivity contribution in [2.24, 2.45) is 0 Å². The van der Waals surface area contributed by atoms with E-state index in [4.69, 9.17) is 4.74 Å². The van der Waals surface area contributed by atoms with E-state index < -0.39 is 0 Å². The van der Waals surface area contributed by atoms with E-state index in [1.807, 2.05) is 42.5 Å². The SMILES string of the molecule is CCCOc1ccc(/C=C/C(=O)NCCc2ccccc2)cc1. The monoisotopic (exact) mass is 309 g/mol. The first-order chi connectivity index (χ1) is 11.3. The van der Waals surface area contributed by atoms with Crippen LogP contribution in [-0.4, -0.2) is 19.1 Å². The Balaban J connectivity index is 1.74. The Morgan fingerprint density at radius 2 is 1.83 bits per heavy atom. The summed E-state index contributed by atoms with van der Waals surface area (Å²) in [5.74, 6) is 0.781. The Morgan fingerprint density at radius 1 is 1.09 bits per heavy atom. The fourth-order valence-corrected chi connectivity index (χ4v) is 2.10. The van der Waals surface area contributed by atoms with Gasteiger partial charge >= 0.3 is 0 Å². The second kappa shape index (κ2) is 9.46. The maximum atomic E-state index is 11.8. The van der Waals surface area contributed by atoms with E-state index >= 15 is 0 Å². The van der Waals surface area contributed by atoms with E-state index in [1.54, 1.807) is 12.2 Å². The zero-order valence-corrected chi connectivity index (χ0v) is 13.5. The highest BCUT2D eigenvalue weighted by molar-refractivity contribution is 5.91. The minimum atomic E-state index is -0.0766. The van der Waals surface area contributed by atoms with Gasteiger partial charge in [0.25, 0.3) is 0 Å². The molecular weight excluding hydrogens is 286 g/mol. The van der Waals surface area contributed by atoms with Gasteiger partial charge in [0.1, 0.15) is 5.75 Å². The molecule has 0 aromatic heterocycles. The molecule has 0 aliphatic heterocycles. The van der Waals surface area contributed by atoms with Crippen LogP contribution >= 0.6 is 0 Å². The molecule has 1 amide bonds. The minimum absolute atomic E-state index is 0.0766. The summed E-state index contributed by atoms with van der Waals surface area (Å²) in [7, 11) is 0. The average molecular weight is 309 g/mol. The summed E-state index contributed by atoms with van der Waals surface area (Å²) in [6.07, 6.45) is 5.20. The lowest BCUT2D eigenvalue weighted by atomic mass is 10.1. The Kier molecular flexibility index (Phi) is 6.92. The first-order valence-corrected chi connectivity index (χ1v) is 8.00. The smallest absolute Gasteiger partial charge is 0.244 e. The lowest BCUT2D eigenvalue weighted by molar-refractivity contribution is -0.116. The van der Waals surface area contributed by atoms with Crippen molar-refractivity contribution in [1.29, 1.82) is 0 Å². The van der Waals surface area contributed by atoms with Crippen LogP contribution in [0.5, 0.6) is 5.75 Å². The minimum Gasteiger partial charge on any atom is -0.494 e. The number of benzene rings is 2. The molecule has 0 saturated carbocycles. The molecule has 2 aromatic carbocycles. The predicted molar refractivity (Wildman–Crippen MR) is 94.4 cm³/mol. The Labute approximate surface area is 138 Å². The van der Waals surface area contributed by atoms with Gasteiger partial charge < -0.3 is 10.1 Å². The van der Waals surface area contributed by atoms with Crippen molar-refractivity contribution in [3.8, 4) is 5.75 Å². The van der Waals surface area contributed by atoms with Crippen molar-refractivity contribution in [3.05, 3.63) is 71.8 Å². The summed E-state index contributed by atoms with van der Waals surface area (Å²) in [6, 6.07) is 17.8. The molecule has 120 valence electrons. The van der Waals surface area contributed by atoms with Crippen LogP contribution in [-0.2, 0) is 11.2 Å². The lowest BCUT2D eigenvalue weighted by Gasteiger charge is -2.04. The van der Waals surface area contributed by atoms with E-state index in [1.165, 1.54) is 5.56 Å². The number of carbonyl (C=O) groups excluding carboxylic acids is 1. The summed E-state index contributed by atoms with van der Waals surface area (Å²) in [5.41, 5.74) is 2.20. The van der Waals surface area contributed by atoms with E-state index in [9.17, 15) is 4.79 Å². The maximum absolute atomic E-state index is 11.8. The highest BCUT2D eigenvalue weighted by atomic mass is 16.5. The number of hydrogen-bond donors (Lipinski definition) is 1. The molecular formula is C20H23NO2. The molecule has 0 bridgehead atoms. The van der Waals surface area contributed by atoms with Crippen molar-refractivity contribution in [3.63, 3.8) is 0 Å². The van der Waals surface area contributed by atoms with E-state index in [2.05, 4.69) is 24.4 Å². The quantitative estimate of drug-likeness (QED) is 0.752. The number of ether oxygens (including phenoxy) is 1. The standard InChI is InChI=1S/C20H23NO2/c1-2-16-23-19-11-8-18(9-12-19)10-13-20(22)21-15-14-17-6-4-3-5-7-17/h3-13H,2,14-16H2,1H3,(H,21,22)/b13-10+. The molecule has 2 rings (SSSR count). The number of amides is 1. The van der Waals surface area contributed by atoms with Crippen molar-refractivity contribution in [2.45, 2.75) is 19.8 Å². The van der Waals surface area contributed by atoms with Gasteiger partial charge in [-0.25, -0.2) is 0 Å². The predicted octanol–water partition coefficient (Wildman–Crippen LogP) is 3.85. The third-order valence-electron chi connectivity index (χ3n) is 3.34. The first kappa shape index (κ1) is 16.8. The highest BCUT2D eigenvalue weighted by Gasteiger charge is 1.97. The topological polar surface area (TPSA) is 38.3 Å². The molecule has 0 aliphatic carbocycles. The van der Waals surface area contributed by atoms with Crippen molar-refractivity contribution >= 4 is 12.0 Å². The molecule has 2 aromatic rings. The average Bonchev–Trinajstić information content (AvgIpc) is 2.60. The van der Waals surface area contributed by atoms with Crippen LogP contribution in [0.3, 0.4) is 0 Å². The molecule has 3 heteroatoms. The molecule has 0 unspecified atom stereocenters. The van der Waals surface area contributed by atoms with Gasteiger partial charge in [0.05, 0.1) is 6.61 Å². The lowest BCUT2D eigenvalue weighted by Crippen LogP contribution is -2.23. The van der Waals surface area contributed by atoms with Crippen molar-refractivity contribution in [2.75, 3.05) is 13.2 Å². The summed E-state index contributed by atoms with van der Waals surface area (Å²) >= 11 is 0. The largest absolute Gasteiger partial charge is 0.494 e. The van der Waals surface area contributed by atoms with Gasteiger partial charge in [0, 0.05) is 12.6 Å². The van der Waals surface area contributed by atoms with Gasteiger partial charge in [0.2, 0.25) is 5.91 Å². The summed E-state index contributed by atoms with van der Waals surface area (Å²) in [5, 5.41) is 2.89. The summed E-state index contributed by atoms with van der Waals surface area (Å²) in [6.45, 7) is 3.43. The summed E-state index contributed by atoms with van der Waals surface area (Å²) in [4.78, 5) is 11.8. The van der Waals surface area contributed by atoms with Gasteiger partial charge in [0.15, 0.2) is 0 Å². The van der Waals surface area contributed by atoms with Crippen molar-refractivity contribution < 1.29 is 9.53 Å². The van der Waals surface area contributed by atoms with Gasteiger partial charge in [-0.2, -0.15) is 0 Å². The van der Waals surface area contributed by atoms with Gasteiger partial charge in [-0.3, -0.25) is 4.79 Å². The molecule has 0 spiro atoms. The van der Waals surface area contributed by atoms with Crippen LogP contribution < -0.4 is 10.1 Å². The van der Waals surface area contributed by atoms with E-state index in [0.717, 1.165) is 30.8 Å². The van der Waals surface area contributed by atoms with Crippen LogP contribution in [0.15, 0.2) is 60.7 Å². The molecule has 0 radical (unpaired) electrons.